The Bertz CT molecular complexity index is 374. The minimum Gasteiger partial charge on any atom is -0.316 e. The Balaban J connectivity index is 2.13. The van der Waals surface area contributed by atoms with Gasteiger partial charge >= 0.3 is 0 Å². The molecule has 2 rings (SSSR count). The van der Waals surface area contributed by atoms with E-state index in [0.717, 1.165) is 29.5 Å². The van der Waals surface area contributed by atoms with E-state index < -0.39 is 0 Å². The van der Waals surface area contributed by atoms with E-state index in [4.69, 9.17) is 0 Å². The normalized spacial score (nSPS) is 18.2. The molecule has 1 aromatic rings. The summed E-state index contributed by atoms with van der Waals surface area (Å²) in [6.07, 6.45) is 3.20. The van der Waals surface area contributed by atoms with E-state index >= 15 is 0 Å². The predicted octanol–water partition coefficient (Wildman–Crippen LogP) is 3.52. The van der Waals surface area contributed by atoms with Crippen LogP contribution in [0.15, 0.2) is 22.7 Å². The zero-order valence-corrected chi connectivity index (χ0v) is 11.1. The van der Waals surface area contributed by atoms with Crippen molar-refractivity contribution in [2.45, 2.75) is 26.2 Å². The van der Waals surface area contributed by atoms with Crippen LogP contribution >= 0.6 is 15.9 Å². The van der Waals surface area contributed by atoms with Gasteiger partial charge in [0.2, 0.25) is 0 Å². The van der Waals surface area contributed by atoms with Crippen LogP contribution < -0.4 is 5.32 Å². The summed E-state index contributed by atoms with van der Waals surface area (Å²) in [6, 6.07) is 5.38. The van der Waals surface area contributed by atoms with E-state index in [2.05, 4.69) is 28.2 Å². The molecule has 0 amide bonds. The van der Waals surface area contributed by atoms with Crippen LogP contribution in [0.2, 0.25) is 0 Å². The van der Waals surface area contributed by atoms with E-state index in [0.29, 0.717) is 5.41 Å². The SMILES string of the molecule is CCCC1(Cc2ccc(Br)cc2F)CNC1. The van der Waals surface area contributed by atoms with Crippen LogP contribution in [0.1, 0.15) is 25.3 Å². The lowest BCUT2D eigenvalue weighted by Gasteiger charge is -2.43. The monoisotopic (exact) mass is 285 g/mol. The third-order valence-corrected chi connectivity index (χ3v) is 3.85. The van der Waals surface area contributed by atoms with Crippen LogP contribution in [0.5, 0.6) is 0 Å². The Morgan fingerprint density at radius 1 is 1.44 bits per heavy atom. The maximum atomic E-state index is 13.7. The highest BCUT2D eigenvalue weighted by Gasteiger charge is 2.36. The molecule has 0 saturated carbocycles. The fourth-order valence-corrected chi connectivity index (χ4v) is 2.80. The molecule has 88 valence electrons. The minimum atomic E-state index is -0.0863. The van der Waals surface area contributed by atoms with Gasteiger partial charge in [-0.2, -0.15) is 0 Å². The van der Waals surface area contributed by atoms with E-state index in [9.17, 15) is 4.39 Å². The van der Waals surface area contributed by atoms with Gasteiger partial charge in [0.15, 0.2) is 0 Å². The molecule has 1 heterocycles. The van der Waals surface area contributed by atoms with Gasteiger partial charge < -0.3 is 5.32 Å². The molecule has 3 heteroatoms. The van der Waals surface area contributed by atoms with Gasteiger partial charge in [-0.25, -0.2) is 4.39 Å². The number of nitrogens with one attached hydrogen (secondary N) is 1. The van der Waals surface area contributed by atoms with Crippen molar-refractivity contribution in [2.75, 3.05) is 13.1 Å². The van der Waals surface area contributed by atoms with Gasteiger partial charge in [-0.15, -0.1) is 0 Å². The first-order valence-electron chi connectivity index (χ1n) is 5.80. The highest BCUT2D eigenvalue weighted by molar-refractivity contribution is 9.10. The molecule has 1 aliphatic heterocycles. The Hall–Kier alpha value is -0.410. The minimum absolute atomic E-state index is 0.0863. The number of benzene rings is 1. The molecular weight excluding hydrogens is 269 g/mol. The molecule has 1 aliphatic rings. The summed E-state index contributed by atoms with van der Waals surface area (Å²) < 4.78 is 14.5. The van der Waals surface area contributed by atoms with Crippen molar-refractivity contribution in [1.82, 2.24) is 5.32 Å². The Labute approximate surface area is 105 Å². The van der Waals surface area contributed by atoms with E-state index in [-0.39, 0.29) is 5.82 Å². The van der Waals surface area contributed by atoms with Gasteiger partial charge in [0, 0.05) is 17.6 Å². The number of hydrogen-bond acceptors (Lipinski definition) is 1. The maximum absolute atomic E-state index is 13.7. The van der Waals surface area contributed by atoms with Crippen LogP contribution in [-0.4, -0.2) is 13.1 Å². The fourth-order valence-electron chi connectivity index (χ4n) is 2.47. The largest absolute Gasteiger partial charge is 0.316 e. The van der Waals surface area contributed by atoms with Gasteiger partial charge in [0.25, 0.3) is 0 Å². The van der Waals surface area contributed by atoms with Crippen LogP contribution in [0.25, 0.3) is 0 Å². The summed E-state index contributed by atoms with van der Waals surface area (Å²) in [7, 11) is 0. The first kappa shape index (κ1) is 12.1. The zero-order chi connectivity index (χ0) is 11.6. The summed E-state index contributed by atoms with van der Waals surface area (Å²) in [6.45, 7) is 4.24. The fraction of sp³-hybridized carbons (Fsp3) is 0.538. The summed E-state index contributed by atoms with van der Waals surface area (Å²) in [4.78, 5) is 0. The third-order valence-electron chi connectivity index (χ3n) is 3.36. The number of hydrogen-bond donors (Lipinski definition) is 1. The maximum Gasteiger partial charge on any atom is 0.127 e. The van der Waals surface area contributed by atoms with Crippen molar-refractivity contribution in [3.8, 4) is 0 Å². The lowest BCUT2D eigenvalue weighted by atomic mass is 9.73. The van der Waals surface area contributed by atoms with Gasteiger partial charge in [0.05, 0.1) is 0 Å². The van der Waals surface area contributed by atoms with Crippen molar-refractivity contribution >= 4 is 15.9 Å². The first-order chi connectivity index (χ1) is 7.65. The molecule has 0 aromatic heterocycles. The summed E-state index contributed by atoms with van der Waals surface area (Å²) in [5.41, 5.74) is 1.14. The van der Waals surface area contributed by atoms with Crippen molar-refractivity contribution in [2.24, 2.45) is 5.41 Å². The zero-order valence-electron chi connectivity index (χ0n) is 9.52. The average molecular weight is 286 g/mol. The van der Waals surface area contributed by atoms with Crippen molar-refractivity contribution in [1.29, 1.82) is 0 Å². The smallest absolute Gasteiger partial charge is 0.127 e. The molecule has 0 bridgehead atoms. The second-order valence-corrected chi connectivity index (χ2v) is 5.68. The van der Waals surface area contributed by atoms with Gasteiger partial charge in [0.1, 0.15) is 5.82 Å². The molecule has 16 heavy (non-hydrogen) atoms. The van der Waals surface area contributed by atoms with Gasteiger partial charge in [-0.05, 0) is 36.0 Å². The van der Waals surface area contributed by atoms with Crippen LogP contribution in [-0.2, 0) is 6.42 Å². The lowest BCUT2D eigenvalue weighted by Crippen LogP contribution is -2.54. The molecule has 0 radical (unpaired) electrons. The number of halogens is 2. The molecule has 1 nitrogen and oxygen atoms in total. The predicted molar refractivity (Wildman–Crippen MR) is 68.0 cm³/mol. The molecule has 0 aliphatic carbocycles. The third kappa shape index (κ3) is 2.46. The van der Waals surface area contributed by atoms with Gasteiger partial charge in [-0.3, -0.25) is 0 Å². The lowest BCUT2D eigenvalue weighted by molar-refractivity contribution is 0.149. The van der Waals surface area contributed by atoms with E-state index in [1.807, 2.05) is 12.1 Å². The van der Waals surface area contributed by atoms with Crippen LogP contribution in [0.3, 0.4) is 0 Å². The Kier molecular flexibility index (Phi) is 3.65. The quantitative estimate of drug-likeness (QED) is 0.893. The van der Waals surface area contributed by atoms with Gasteiger partial charge in [-0.1, -0.05) is 35.3 Å². The topological polar surface area (TPSA) is 12.0 Å². The first-order valence-corrected chi connectivity index (χ1v) is 6.59. The van der Waals surface area contributed by atoms with Crippen molar-refractivity contribution < 1.29 is 4.39 Å². The van der Waals surface area contributed by atoms with Crippen LogP contribution in [0.4, 0.5) is 4.39 Å². The molecule has 1 saturated heterocycles. The summed E-state index contributed by atoms with van der Waals surface area (Å²) >= 11 is 3.29. The summed E-state index contributed by atoms with van der Waals surface area (Å²) in [5.74, 6) is -0.0863. The molecule has 1 aromatic carbocycles. The second-order valence-electron chi connectivity index (χ2n) is 4.77. The molecular formula is C13H17BrFN. The number of rotatable bonds is 4. The average Bonchev–Trinajstić information content (AvgIpc) is 2.18. The van der Waals surface area contributed by atoms with E-state index in [1.54, 1.807) is 6.07 Å². The molecule has 0 atom stereocenters. The highest BCUT2D eigenvalue weighted by atomic mass is 79.9. The highest BCUT2D eigenvalue weighted by Crippen LogP contribution is 2.33. The Morgan fingerprint density at radius 2 is 2.19 bits per heavy atom. The molecule has 1 fully saturated rings. The van der Waals surface area contributed by atoms with Crippen LogP contribution in [0, 0.1) is 11.2 Å². The van der Waals surface area contributed by atoms with Crippen molar-refractivity contribution in [3.63, 3.8) is 0 Å². The Morgan fingerprint density at radius 3 is 2.69 bits per heavy atom. The molecule has 0 unspecified atom stereocenters. The standard InChI is InChI=1S/C13H17BrFN/c1-2-5-13(8-16-9-13)7-10-3-4-11(14)6-12(10)15/h3-4,6,16H,2,5,7-9H2,1H3. The molecule has 1 N–H and O–H groups in total. The second kappa shape index (κ2) is 4.84. The molecule has 0 spiro atoms. The van der Waals surface area contributed by atoms with E-state index in [1.165, 1.54) is 12.8 Å². The van der Waals surface area contributed by atoms with Crippen molar-refractivity contribution in [3.05, 3.63) is 34.1 Å². The summed E-state index contributed by atoms with van der Waals surface area (Å²) in [5, 5.41) is 3.31.